The third-order valence-electron chi connectivity index (χ3n) is 1.84. The van der Waals surface area contributed by atoms with Gasteiger partial charge < -0.3 is 5.32 Å². The van der Waals surface area contributed by atoms with Gasteiger partial charge in [-0.1, -0.05) is 6.92 Å². The minimum atomic E-state index is -3.29. The molecule has 1 rings (SSSR count). The molecular formula is C9H13BrFN3O2S. The number of hydrogen-bond donors (Lipinski definition) is 2. The molecule has 0 unspecified atom stereocenters. The zero-order valence-electron chi connectivity index (χ0n) is 9.20. The number of aromatic nitrogens is 1. The molecule has 0 atom stereocenters. The van der Waals surface area contributed by atoms with E-state index in [0.29, 0.717) is 11.0 Å². The first-order chi connectivity index (χ1) is 7.94. The van der Waals surface area contributed by atoms with Crippen LogP contribution >= 0.6 is 15.9 Å². The maximum Gasteiger partial charge on any atom is 0.213 e. The normalized spacial score (nSPS) is 11.5. The van der Waals surface area contributed by atoms with Crippen molar-refractivity contribution < 1.29 is 12.8 Å². The molecule has 0 spiro atoms. The Morgan fingerprint density at radius 1 is 1.53 bits per heavy atom. The minimum absolute atomic E-state index is 0.0416. The first-order valence-corrected chi connectivity index (χ1v) is 7.41. The van der Waals surface area contributed by atoms with Gasteiger partial charge in [0.05, 0.1) is 5.75 Å². The van der Waals surface area contributed by atoms with E-state index in [0.717, 1.165) is 0 Å². The Labute approximate surface area is 108 Å². The van der Waals surface area contributed by atoms with Crippen molar-refractivity contribution in [2.24, 2.45) is 0 Å². The van der Waals surface area contributed by atoms with Crippen LogP contribution in [0, 0.1) is 5.82 Å². The maximum absolute atomic E-state index is 13.3. The number of sulfonamides is 1. The van der Waals surface area contributed by atoms with Crippen molar-refractivity contribution >= 4 is 31.8 Å². The fraction of sp³-hybridized carbons (Fsp3) is 0.444. The molecule has 0 amide bonds. The fourth-order valence-corrected chi connectivity index (χ4v) is 2.40. The Morgan fingerprint density at radius 2 is 2.24 bits per heavy atom. The van der Waals surface area contributed by atoms with E-state index in [4.69, 9.17) is 0 Å². The molecule has 0 saturated heterocycles. The lowest BCUT2D eigenvalue weighted by molar-refractivity contribution is 0.584. The van der Waals surface area contributed by atoms with Crippen LogP contribution in [0.5, 0.6) is 0 Å². The van der Waals surface area contributed by atoms with Crippen LogP contribution in [-0.4, -0.2) is 32.2 Å². The molecule has 17 heavy (non-hydrogen) atoms. The Bertz CT molecular complexity index is 481. The van der Waals surface area contributed by atoms with Crippen molar-refractivity contribution in [1.29, 1.82) is 0 Å². The molecular weight excluding hydrogens is 313 g/mol. The molecule has 96 valence electrons. The van der Waals surface area contributed by atoms with Gasteiger partial charge in [-0.15, -0.1) is 0 Å². The molecule has 0 saturated carbocycles. The average Bonchev–Trinajstić information content (AvgIpc) is 2.21. The quantitative estimate of drug-likeness (QED) is 0.827. The molecule has 0 fully saturated rings. The molecule has 0 aromatic carbocycles. The van der Waals surface area contributed by atoms with Crippen molar-refractivity contribution in [3.63, 3.8) is 0 Å². The lowest BCUT2D eigenvalue weighted by Crippen LogP contribution is -2.29. The third-order valence-corrected chi connectivity index (χ3v) is 3.74. The van der Waals surface area contributed by atoms with Gasteiger partial charge in [0.2, 0.25) is 10.0 Å². The molecule has 1 heterocycles. The van der Waals surface area contributed by atoms with E-state index in [9.17, 15) is 12.8 Å². The number of pyridine rings is 1. The van der Waals surface area contributed by atoms with Gasteiger partial charge in [0.25, 0.3) is 0 Å². The van der Waals surface area contributed by atoms with E-state index >= 15 is 0 Å². The summed E-state index contributed by atoms with van der Waals surface area (Å²) < 4.78 is 38.7. The van der Waals surface area contributed by atoms with Gasteiger partial charge in [-0.2, -0.15) is 0 Å². The number of nitrogens with zero attached hydrogens (tertiary/aromatic N) is 1. The van der Waals surface area contributed by atoms with Gasteiger partial charge in [0.1, 0.15) is 0 Å². The van der Waals surface area contributed by atoms with Crippen molar-refractivity contribution in [1.82, 2.24) is 9.71 Å². The van der Waals surface area contributed by atoms with E-state index in [-0.39, 0.29) is 18.1 Å². The summed E-state index contributed by atoms with van der Waals surface area (Å²) in [6.07, 6.45) is 1.43. The Balaban J connectivity index is 2.51. The first kappa shape index (κ1) is 14.3. The van der Waals surface area contributed by atoms with Crippen LogP contribution in [0.4, 0.5) is 10.2 Å². The second kappa shape index (κ2) is 6.27. The monoisotopic (exact) mass is 325 g/mol. The summed E-state index contributed by atoms with van der Waals surface area (Å²) in [5.74, 6) is -0.613. The van der Waals surface area contributed by atoms with E-state index in [2.05, 4.69) is 31.0 Å². The van der Waals surface area contributed by atoms with Crippen molar-refractivity contribution in [2.75, 3.05) is 24.2 Å². The Hall–Kier alpha value is -0.730. The highest BCUT2D eigenvalue weighted by atomic mass is 79.9. The van der Waals surface area contributed by atoms with Crippen LogP contribution in [0.15, 0.2) is 16.7 Å². The van der Waals surface area contributed by atoms with Crippen molar-refractivity contribution in [3.05, 3.63) is 22.6 Å². The van der Waals surface area contributed by atoms with E-state index < -0.39 is 15.8 Å². The highest BCUT2D eigenvalue weighted by Crippen LogP contribution is 2.15. The van der Waals surface area contributed by atoms with Gasteiger partial charge >= 0.3 is 0 Å². The second-order valence-electron chi connectivity index (χ2n) is 3.23. The molecule has 8 heteroatoms. The lowest BCUT2D eigenvalue weighted by Gasteiger charge is -2.07. The summed E-state index contributed by atoms with van der Waals surface area (Å²) in [6, 6.07) is 1.26. The molecule has 0 radical (unpaired) electrons. The molecule has 0 aliphatic rings. The summed E-state index contributed by atoms with van der Waals surface area (Å²) in [5.41, 5.74) is 0. The van der Waals surface area contributed by atoms with Gasteiger partial charge in [-0.25, -0.2) is 22.5 Å². The van der Waals surface area contributed by atoms with Gasteiger partial charge in [0, 0.05) is 23.8 Å². The minimum Gasteiger partial charge on any atom is -0.367 e. The van der Waals surface area contributed by atoms with E-state index in [1.165, 1.54) is 12.3 Å². The maximum atomic E-state index is 13.3. The fourth-order valence-electron chi connectivity index (χ4n) is 1.14. The highest BCUT2D eigenvalue weighted by Gasteiger charge is 2.09. The summed E-state index contributed by atoms with van der Waals surface area (Å²) in [5, 5.41) is 2.63. The van der Waals surface area contributed by atoms with Crippen molar-refractivity contribution in [3.8, 4) is 0 Å². The van der Waals surface area contributed by atoms with E-state index in [1.807, 2.05) is 0 Å². The predicted molar refractivity (Wildman–Crippen MR) is 67.8 cm³/mol. The van der Waals surface area contributed by atoms with Gasteiger partial charge in [-0.05, 0) is 22.0 Å². The topological polar surface area (TPSA) is 71.1 Å². The summed E-state index contributed by atoms with van der Waals surface area (Å²) >= 11 is 3.08. The summed E-state index contributed by atoms with van der Waals surface area (Å²) in [4.78, 5) is 3.80. The third kappa shape index (κ3) is 4.97. The van der Waals surface area contributed by atoms with Gasteiger partial charge in [-0.3, -0.25) is 0 Å². The van der Waals surface area contributed by atoms with Crippen molar-refractivity contribution in [2.45, 2.75) is 6.92 Å². The SMILES string of the molecule is CCNS(=O)(=O)CCNc1ncc(Br)cc1F. The largest absolute Gasteiger partial charge is 0.367 e. The van der Waals surface area contributed by atoms with Crippen LogP contribution in [-0.2, 0) is 10.0 Å². The number of nitrogens with one attached hydrogen (secondary N) is 2. The summed E-state index contributed by atoms with van der Waals surface area (Å²) in [6.45, 7) is 2.13. The number of halogens is 2. The zero-order chi connectivity index (χ0) is 12.9. The molecule has 1 aromatic rings. The molecule has 0 aliphatic carbocycles. The van der Waals surface area contributed by atoms with Crippen LogP contribution in [0.2, 0.25) is 0 Å². The predicted octanol–water partition coefficient (Wildman–Crippen LogP) is 1.33. The zero-order valence-corrected chi connectivity index (χ0v) is 11.6. The van der Waals surface area contributed by atoms with Gasteiger partial charge in [0.15, 0.2) is 11.6 Å². The number of rotatable bonds is 6. The van der Waals surface area contributed by atoms with Crippen LogP contribution in [0.25, 0.3) is 0 Å². The Morgan fingerprint density at radius 3 is 2.82 bits per heavy atom. The standard InChI is InChI=1S/C9H13BrFN3O2S/c1-2-14-17(15,16)4-3-12-9-8(11)5-7(10)6-13-9/h5-6,14H,2-4H2,1H3,(H,12,13). The first-order valence-electron chi connectivity index (χ1n) is 4.97. The molecule has 1 aromatic heterocycles. The second-order valence-corrected chi connectivity index (χ2v) is 6.07. The Kier molecular flexibility index (Phi) is 5.29. The van der Waals surface area contributed by atoms with E-state index in [1.54, 1.807) is 6.92 Å². The average molecular weight is 326 g/mol. The van der Waals surface area contributed by atoms with Crippen LogP contribution < -0.4 is 10.0 Å². The van der Waals surface area contributed by atoms with Crippen LogP contribution in [0.1, 0.15) is 6.92 Å². The smallest absolute Gasteiger partial charge is 0.213 e. The summed E-state index contributed by atoms with van der Waals surface area (Å²) in [7, 11) is -3.29. The highest BCUT2D eigenvalue weighted by molar-refractivity contribution is 9.10. The van der Waals surface area contributed by atoms with Crippen LogP contribution in [0.3, 0.4) is 0 Å². The molecule has 2 N–H and O–H groups in total. The molecule has 5 nitrogen and oxygen atoms in total. The number of anilines is 1. The number of hydrogen-bond acceptors (Lipinski definition) is 4. The molecule has 0 bridgehead atoms. The lowest BCUT2D eigenvalue weighted by atomic mass is 10.4. The molecule has 0 aliphatic heterocycles.